The van der Waals surface area contributed by atoms with Crippen LogP contribution in [-0.4, -0.2) is 42.8 Å². The van der Waals surface area contributed by atoms with E-state index in [2.05, 4.69) is 14.9 Å². The van der Waals surface area contributed by atoms with E-state index in [0.717, 1.165) is 12.2 Å². The number of fused-ring (bicyclic) bond motifs is 1. The number of para-hydroxylation sites is 1. The molecule has 1 N–H and O–H groups in total. The topological polar surface area (TPSA) is 84.5 Å². The van der Waals surface area contributed by atoms with Gasteiger partial charge in [0.15, 0.2) is 0 Å². The fraction of sp³-hybridized carbons (Fsp3) is 0.350. The second-order valence-corrected chi connectivity index (χ2v) is 7.23. The molecule has 2 heterocycles. The molecule has 3 rings (SSSR count). The maximum absolute atomic E-state index is 12.6. The van der Waals surface area contributed by atoms with Crippen molar-refractivity contribution in [3.63, 3.8) is 0 Å². The van der Waals surface area contributed by atoms with Crippen molar-refractivity contribution in [2.24, 2.45) is 0 Å². The van der Waals surface area contributed by atoms with E-state index in [1.165, 1.54) is 11.3 Å². The molecule has 0 saturated carbocycles. The first-order chi connectivity index (χ1) is 13.5. The van der Waals surface area contributed by atoms with Crippen LogP contribution in [0, 0.1) is 6.92 Å². The molecule has 0 spiro atoms. The number of aromatic nitrogens is 2. The Labute approximate surface area is 166 Å². The zero-order chi connectivity index (χ0) is 20.1. The van der Waals surface area contributed by atoms with Crippen molar-refractivity contribution in [1.82, 2.24) is 9.97 Å². The molecule has 0 atom stereocenters. The van der Waals surface area contributed by atoms with Gasteiger partial charge in [0.1, 0.15) is 22.1 Å². The Kier molecular flexibility index (Phi) is 6.43. The van der Waals surface area contributed by atoms with E-state index in [4.69, 9.17) is 9.47 Å². The largest absolute Gasteiger partial charge is 0.459 e. The Morgan fingerprint density at radius 3 is 2.68 bits per heavy atom. The third-order valence-electron chi connectivity index (χ3n) is 4.40. The van der Waals surface area contributed by atoms with Gasteiger partial charge in [-0.1, -0.05) is 18.2 Å². The summed E-state index contributed by atoms with van der Waals surface area (Å²) < 4.78 is 10.1. The number of aryl methyl sites for hydroxylation is 1. The van der Waals surface area contributed by atoms with Crippen LogP contribution in [0.4, 0.5) is 5.69 Å². The van der Waals surface area contributed by atoms with Crippen molar-refractivity contribution in [2.45, 2.75) is 20.4 Å². The predicted octanol–water partition coefficient (Wildman–Crippen LogP) is 3.12. The minimum absolute atomic E-state index is 0.167. The van der Waals surface area contributed by atoms with Gasteiger partial charge < -0.3 is 19.4 Å². The van der Waals surface area contributed by atoms with E-state index in [1.54, 1.807) is 14.0 Å². The molecule has 1 aromatic carbocycles. The summed E-state index contributed by atoms with van der Waals surface area (Å²) in [4.78, 5) is 35.5. The molecule has 148 valence electrons. The van der Waals surface area contributed by atoms with Crippen LogP contribution in [0.1, 0.15) is 28.0 Å². The van der Waals surface area contributed by atoms with Crippen LogP contribution in [0.25, 0.3) is 10.2 Å². The number of H-pyrrole nitrogens is 1. The number of carbonyl (C=O) groups is 1. The summed E-state index contributed by atoms with van der Waals surface area (Å²) in [7, 11) is 1.54. The monoisotopic (exact) mass is 401 g/mol. The lowest BCUT2D eigenvalue weighted by Gasteiger charge is -2.22. The molecule has 0 aliphatic rings. The summed E-state index contributed by atoms with van der Waals surface area (Å²) in [6, 6.07) is 9.95. The van der Waals surface area contributed by atoms with E-state index in [0.29, 0.717) is 39.6 Å². The van der Waals surface area contributed by atoms with Gasteiger partial charge in [0.2, 0.25) is 0 Å². The molecular formula is C20H23N3O4S. The van der Waals surface area contributed by atoms with Gasteiger partial charge >= 0.3 is 5.97 Å². The Morgan fingerprint density at radius 2 is 2.00 bits per heavy atom. The third kappa shape index (κ3) is 4.23. The predicted molar refractivity (Wildman–Crippen MR) is 110 cm³/mol. The van der Waals surface area contributed by atoms with Crippen molar-refractivity contribution < 1.29 is 14.3 Å². The zero-order valence-electron chi connectivity index (χ0n) is 16.2. The van der Waals surface area contributed by atoms with Crippen LogP contribution < -0.4 is 10.5 Å². The molecule has 2 aromatic heterocycles. The van der Waals surface area contributed by atoms with Gasteiger partial charge in [-0.25, -0.2) is 9.78 Å². The van der Waals surface area contributed by atoms with E-state index in [-0.39, 0.29) is 12.2 Å². The number of rotatable bonds is 8. The standard InChI is InChI=1S/C20H23N3O4S/c1-4-23(14-8-6-5-7-9-14)12-15-21-18(24)16-13(2)17(28-19(16)22-15)20(25)27-11-10-26-3/h5-9H,4,10-12H2,1-3H3,(H,21,22,24). The summed E-state index contributed by atoms with van der Waals surface area (Å²) in [6.45, 7) is 5.52. The summed E-state index contributed by atoms with van der Waals surface area (Å²) in [6.07, 6.45) is 0. The van der Waals surface area contributed by atoms with Gasteiger partial charge in [-0.2, -0.15) is 0 Å². The van der Waals surface area contributed by atoms with Gasteiger partial charge in [-0.05, 0) is 31.5 Å². The molecule has 8 heteroatoms. The smallest absolute Gasteiger partial charge is 0.348 e. The Balaban J connectivity index is 1.90. The number of ether oxygens (including phenoxy) is 2. The summed E-state index contributed by atoms with van der Waals surface area (Å²) in [5.41, 5.74) is 1.41. The number of anilines is 1. The van der Waals surface area contributed by atoms with Crippen LogP contribution in [0.5, 0.6) is 0 Å². The molecule has 0 aliphatic heterocycles. The maximum Gasteiger partial charge on any atom is 0.348 e. The lowest BCUT2D eigenvalue weighted by molar-refractivity contribution is 0.0393. The number of aromatic amines is 1. The number of carbonyl (C=O) groups excluding carboxylic acids is 1. The molecule has 0 aliphatic carbocycles. The number of hydrogen-bond acceptors (Lipinski definition) is 7. The highest BCUT2D eigenvalue weighted by molar-refractivity contribution is 7.20. The van der Waals surface area contributed by atoms with Crippen LogP contribution in [-0.2, 0) is 16.0 Å². The molecule has 0 bridgehead atoms. The van der Waals surface area contributed by atoms with Crippen molar-refractivity contribution in [3.05, 3.63) is 57.0 Å². The first kappa shape index (κ1) is 20.0. The zero-order valence-corrected chi connectivity index (χ0v) is 17.0. The summed E-state index contributed by atoms with van der Waals surface area (Å²) in [5.74, 6) is 0.0988. The molecule has 0 radical (unpaired) electrons. The third-order valence-corrected chi connectivity index (χ3v) is 5.57. The van der Waals surface area contributed by atoms with E-state index in [9.17, 15) is 9.59 Å². The van der Waals surface area contributed by atoms with E-state index >= 15 is 0 Å². The minimum Gasteiger partial charge on any atom is -0.459 e. The maximum atomic E-state index is 12.6. The Hall–Kier alpha value is -2.71. The van der Waals surface area contributed by atoms with Gasteiger partial charge in [-0.15, -0.1) is 11.3 Å². The van der Waals surface area contributed by atoms with Crippen LogP contribution in [0.2, 0.25) is 0 Å². The van der Waals surface area contributed by atoms with E-state index in [1.807, 2.05) is 37.3 Å². The molecule has 0 unspecified atom stereocenters. The first-order valence-corrected chi connectivity index (χ1v) is 9.85. The molecule has 7 nitrogen and oxygen atoms in total. The van der Waals surface area contributed by atoms with Gasteiger partial charge in [0.05, 0.1) is 18.5 Å². The van der Waals surface area contributed by atoms with Gasteiger partial charge in [0, 0.05) is 19.3 Å². The summed E-state index contributed by atoms with van der Waals surface area (Å²) in [5, 5.41) is 0.440. The number of nitrogens with zero attached hydrogens (tertiary/aromatic N) is 2. The highest BCUT2D eigenvalue weighted by atomic mass is 32.1. The Morgan fingerprint density at radius 1 is 1.25 bits per heavy atom. The van der Waals surface area contributed by atoms with Crippen molar-refractivity contribution in [3.8, 4) is 0 Å². The number of thiophene rings is 1. The normalized spacial score (nSPS) is 11.0. The number of nitrogens with one attached hydrogen (secondary N) is 1. The second-order valence-electron chi connectivity index (χ2n) is 6.23. The number of esters is 1. The molecule has 0 amide bonds. The van der Waals surface area contributed by atoms with Crippen LogP contribution in [0.15, 0.2) is 35.1 Å². The first-order valence-electron chi connectivity index (χ1n) is 9.03. The fourth-order valence-electron chi connectivity index (χ4n) is 2.95. The number of benzene rings is 1. The Bertz CT molecular complexity index is 1010. The van der Waals surface area contributed by atoms with Gasteiger partial charge in [0.25, 0.3) is 5.56 Å². The second kappa shape index (κ2) is 8.99. The molecule has 28 heavy (non-hydrogen) atoms. The summed E-state index contributed by atoms with van der Waals surface area (Å²) >= 11 is 1.18. The van der Waals surface area contributed by atoms with Crippen molar-refractivity contribution >= 4 is 33.2 Å². The number of hydrogen-bond donors (Lipinski definition) is 1. The lowest BCUT2D eigenvalue weighted by Crippen LogP contribution is -2.25. The molecule has 0 fully saturated rings. The SMILES string of the molecule is CCN(Cc1nc2sc(C(=O)OCCOC)c(C)c2c(=O)[nH]1)c1ccccc1. The van der Waals surface area contributed by atoms with Crippen LogP contribution >= 0.6 is 11.3 Å². The average molecular weight is 401 g/mol. The van der Waals surface area contributed by atoms with Gasteiger partial charge in [-0.3, -0.25) is 4.79 Å². The van der Waals surface area contributed by atoms with E-state index < -0.39 is 5.97 Å². The van der Waals surface area contributed by atoms with Crippen molar-refractivity contribution in [2.75, 3.05) is 31.8 Å². The highest BCUT2D eigenvalue weighted by Crippen LogP contribution is 2.28. The molecule has 0 saturated heterocycles. The minimum atomic E-state index is -0.460. The molecular weight excluding hydrogens is 378 g/mol. The number of methoxy groups -OCH3 is 1. The fourth-order valence-corrected chi connectivity index (χ4v) is 4.04. The van der Waals surface area contributed by atoms with Crippen molar-refractivity contribution in [1.29, 1.82) is 0 Å². The van der Waals surface area contributed by atoms with Crippen LogP contribution in [0.3, 0.4) is 0 Å². The quantitative estimate of drug-likeness (QED) is 0.461. The highest BCUT2D eigenvalue weighted by Gasteiger charge is 2.21. The average Bonchev–Trinajstić information content (AvgIpc) is 3.04. The lowest BCUT2D eigenvalue weighted by atomic mass is 10.2. The molecule has 3 aromatic rings.